The average Bonchev–Trinajstić information content (AvgIpc) is 3.51. The number of amides is 2. The summed E-state index contributed by atoms with van der Waals surface area (Å²) in [6.45, 7) is 0.896. The number of aliphatic hydroxyl groups excluding tert-OH is 1. The fraction of sp³-hybridized carbons (Fsp3) is 0.222. The van der Waals surface area contributed by atoms with E-state index in [-0.39, 0.29) is 18.4 Å². The number of rotatable bonds is 6. The number of hydrogen-bond donors (Lipinski definition) is 2. The number of halogens is 1. The zero-order chi connectivity index (χ0) is 24.8. The van der Waals surface area contributed by atoms with Crippen LogP contribution in [0.1, 0.15) is 54.7 Å². The molecule has 6 rings (SSSR count). The molecule has 2 aliphatic heterocycles. The number of aromatic nitrogens is 2. The molecule has 0 bridgehead atoms. The molecule has 1 unspecified atom stereocenters. The molecular weight excluding hydrogens is 496 g/mol. The second-order valence-electron chi connectivity index (χ2n) is 8.95. The van der Waals surface area contributed by atoms with Crippen molar-refractivity contribution in [1.82, 2.24) is 20.0 Å². The Morgan fingerprint density at radius 3 is 2.44 bits per heavy atom. The summed E-state index contributed by atoms with van der Waals surface area (Å²) in [6.07, 6.45) is 2.47. The number of imide groups is 1. The number of aliphatic hydroxyl groups is 1. The van der Waals surface area contributed by atoms with Crippen molar-refractivity contribution >= 4 is 34.8 Å². The van der Waals surface area contributed by atoms with E-state index in [1.807, 2.05) is 41.1 Å². The second kappa shape index (κ2) is 9.29. The summed E-state index contributed by atoms with van der Waals surface area (Å²) in [5.41, 5.74) is 3.56. The first-order chi connectivity index (χ1) is 17.5. The number of carbonyl (C=O) groups excluding carboxylic acids is 2. The highest BCUT2D eigenvalue weighted by Crippen LogP contribution is 2.40. The Hall–Kier alpha value is -3.30. The minimum atomic E-state index is -1.00. The molecule has 36 heavy (non-hydrogen) atoms. The molecular formula is C27H23ClN4O3S. The molecule has 0 fully saturated rings. The van der Waals surface area contributed by atoms with Gasteiger partial charge >= 0.3 is 0 Å². The molecule has 2 aromatic heterocycles. The molecule has 182 valence electrons. The lowest BCUT2D eigenvalue weighted by molar-refractivity contribution is 0.0604. The molecule has 2 amide bonds. The number of benzene rings is 2. The average molecular weight is 519 g/mol. The highest BCUT2D eigenvalue weighted by molar-refractivity contribution is 7.12. The Bertz CT molecular complexity index is 1430. The van der Waals surface area contributed by atoms with Gasteiger partial charge in [0.25, 0.3) is 11.8 Å². The molecule has 9 heteroatoms. The summed E-state index contributed by atoms with van der Waals surface area (Å²) in [4.78, 5) is 29.2. The predicted molar refractivity (Wildman–Crippen MR) is 138 cm³/mol. The number of hydrogen-bond acceptors (Lipinski definition) is 6. The minimum Gasteiger partial charge on any atom is -0.373 e. The van der Waals surface area contributed by atoms with Crippen molar-refractivity contribution in [3.63, 3.8) is 0 Å². The van der Waals surface area contributed by atoms with Gasteiger partial charge in [-0.2, -0.15) is 5.10 Å². The molecule has 2 aliphatic rings. The number of nitrogens with one attached hydrogen (secondary N) is 1. The summed E-state index contributed by atoms with van der Waals surface area (Å²) in [7, 11) is 0. The van der Waals surface area contributed by atoms with E-state index in [9.17, 15) is 14.7 Å². The van der Waals surface area contributed by atoms with Gasteiger partial charge in [0.2, 0.25) is 0 Å². The molecule has 0 saturated carbocycles. The lowest BCUT2D eigenvalue weighted by Gasteiger charge is -2.26. The smallest absolute Gasteiger partial charge is 0.261 e. The van der Waals surface area contributed by atoms with E-state index >= 15 is 0 Å². The van der Waals surface area contributed by atoms with Crippen LogP contribution in [0.15, 0.2) is 66.9 Å². The minimum absolute atomic E-state index is 0.0944. The zero-order valence-corrected chi connectivity index (χ0v) is 20.8. The molecule has 7 nitrogen and oxygen atoms in total. The maximum atomic E-state index is 13.0. The first-order valence-electron chi connectivity index (χ1n) is 11.8. The van der Waals surface area contributed by atoms with Crippen molar-refractivity contribution in [2.24, 2.45) is 0 Å². The van der Waals surface area contributed by atoms with Crippen molar-refractivity contribution in [3.05, 3.63) is 98.3 Å². The van der Waals surface area contributed by atoms with Crippen LogP contribution in [-0.4, -0.2) is 38.1 Å². The van der Waals surface area contributed by atoms with E-state index in [2.05, 4.69) is 10.4 Å². The van der Waals surface area contributed by atoms with E-state index in [1.165, 1.54) is 4.90 Å². The monoisotopic (exact) mass is 518 g/mol. The molecule has 2 N–H and O–H groups in total. The second-order valence-corrected chi connectivity index (χ2v) is 10.5. The SMILES string of the molecule is O=C1c2ccccc2C(=O)N1C[C@@H](NC(O)c1cc2c(s1)CCCn1ncc(Cl)c1-2)c1ccccc1. The van der Waals surface area contributed by atoms with E-state index in [4.69, 9.17) is 11.6 Å². The number of thiophene rings is 1. The van der Waals surface area contributed by atoms with Gasteiger partial charge < -0.3 is 5.11 Å². The van der Waals surface area contributed by atoms with E-state index < -0.39 is 12.3 Å². The van der Waals surface area contributed by atoms with Crippen molar-refractivity contribution in [1.29, 1.82) is 0 Å². The maximum absolute atomic E-state index is 13.0. The molecule has 4 aromatic rings. The molecule has 0 saturated heterocycles. The standard InChI is InChI=1S/C27H23ClN4O3S/c28-20-14-29-32-12-6-11-22-19(24(20)32)13-23(36-22)25(33)30-21(16-7-2-1-3-8-16)15-31-26(34)17-9-4-5-10-18(17)27(31)35/h1-5,7-10,13-14,21,25,30,33H,6,11-12,15H2/t21-,25?/m1/s1. The van der Waals surface area contributed by atoms with Crippen LogP contribution in [0.2, 0.25) is 5.02 Å². The van der Waals surface area contributed by atoms with E-state index in [1.54, 1.807) is 41.8 Å². The third-order valence-corrected chi connectivity index (χ3v) is 8.25. The molecule has 2 atom stereocenters. The highest BCUT2D eigenvalue weighted by atomic mass is 35.5. The normalized spacial score (nSPS) is 16.3. The van der Waals surface area contributed by atoms with Gasteiger partial charge in [-0.25, -0.2) is 0 Å². The zero-order valence-electron chi connectivity index (χ0n) is 19.2. The summed E-state index contributed by atoms with van der Waals surface area (Å²) in [5.74, 6) is -0.642. The topological polar surface area (TPSA) is 87.5 Å². The lowest BCUT2D eigenvalue weighted by atomic mass is 10.1. The van der Waals surface area contributed by atoms with Gasteiger partial charge in [-0.05, 0) is 36.6 Å². The van der Waals surface area contributed by atoms with Crippen LogP contribution in [0.5, 0.6) is 0 Å². The number of nitrogens with zero attached hydrogens (tertiary/aromatic N) is 3. The Morgan fingerprint density at radius 1 is 1.03 bits per heavy atom. The fourth-order valence-corrected chi connectivity index (χ4v) is 6.36. The van der Waals surface area contributed by atoms with Crippen LogP contribution < -0.4 is 5.32 Å². The van der Waals surface area contributed by atoms with Gasteiger partial charge in [0, 0.05) is 28.4 Å². The largest absolute Gasteiger partial charge is 0.373 e. The van der Waals surface area contributed by atoms with Crippen molar-refractivity contribution < 1.29 is 14.7 Å². The molecule has 0 radical (unpaired) electrons. The van der Waals surface area contributed by atoms with Crippen molar-refractivity contribution in [2.45, 2.75) is 31.7 Å². The summed E-state index contributed by atoms with van der Waals surface area (Å²) < 4.78 is 1.92. The van der Waals surface area contributed by atoms with Crippen LogP contribution in [0.25, 0.3) is 11.3 Å². The number of fused-ring (bicyclic) bond motifs is 4. The van der Waals surface area contributed by atoms with Crippen LogP contribution >= 0.6 is 22.9 Å². The Kier molecular flexibility index (Phi) is 5.97. The van der Waals surface area contributed by atoms with E-state index in [0.717, 1.165) is 46.0 Å². The number of carbonyl (C=O) groups is 2. The van der Waals surface area contributed by atoms with Crippen LogP contribution in [0.3, 0.4) is 0 Å². The van der Waals surface area contributed by atoms with Gasteiger partial charge in [-0.3, -0.25) is 24.5 Å². The molecule has 0 aliphatic carbocycles. The quantitative estimate of drug-likeness (QED) is 0.282. The Labute approximate surface area is 216 Å². The van der Waals surface area contributed by atoms with Crippen molar-refractivity contribution in [3.8, 4) is 11.3 Å². The lowest BCUT2D eigenvalue weighted by Crippen LogP contribution is -2.39. The van der Waals surface area contributed by atoms with Crippen LogP contribution in [0, 0.1) is 0 Å². The number of aryl methyl sites for hydroxylation is 2. The Balaban J connectivity index is 1.29. The maximum Gasteiger partial charge on any atom is 0.261 e. The van der Waals surface area contributed by atoms with Gasteiger partial charge in [0.1, 0.15) is 6.23 Å². The van der Waals surface area contributed by atoms with Gasteiger partial charge in [0.05, 0.1) is 34.1 Å². The predicted octanol–water partition coefficient (Wildman–Crippen LogP) is 4.83. The summed E-state index contributed by atoms with van der Waals surface area (Å²) in [5, 5.41) is 19.5. The summed E-state index contributed by atoms with van der Waals surface area (Å²) >= 11 is 7.99. The fourth-order valence-electron chi connectivity index (χ4n) is 4.96. The van der Waals surface area contributed by atoms with Gasteiger partial charge in [-0.15, -0.1) is 11.3 Å². The Morgan fingerprint density at radius 2 is 1.72 bits per heavy atom. The summed E-state index contributed by atoms with van der Waals surface area (Å²) in [6, 6.07) is 17.9. The third-order valence-electron chi connectivity index (χ3n) is 6.73. The molecule has 4 heterocycles. The van der Waals surface area contributed by atoms with Gasteiger partial charge in [0.15, 0.2) is 0 Å². The third kappa shape index (κ3) is 3.96. The first-order valence-corrected chi connectivity index (χ1v) is 13.0. The van der Waals surface area contributed by atoms with Crippen LogP contribution in [-0.2, 0) is 13.0 Å². The highest BCUT2D eigenvalue weighted by Gasteiger charge is 2.37. The van der Waals surface area contributed by atoms with E-state index in [0.29, 0.717) is 16.1 Å². The van der Waals surface area contributed by atoms with Crippen molar-refractivity contribution in [2.75, 3.05) is 6.54 Å². The van der Waals surface area contributed by atoms with Crippen LogP contribution in [0.4, 0.5) is 0 Å². The molecule has 0 spiro atoms. The molecule has 2 aromatic carbocycles. The first kappa shape index (κ1) is 23.1. The van der Waals surface area contributed by atoms with Gasteiger partial charge in [-0.1, -0.05) is 54.1 Å².